The molecule has 0 fully saturated rings. The van der Waals surface area contributed by atoms with Gasteiger partial charge in [-0.3, -0.25) is 10.1 Å². The van der Waals surface area contributed by atoms with Crippen LogP contribution in [0.5, 0.6) is 0 Å². The van der Waals surface area contributed by atoms with Crippen LogP contribution in [0.4, 0.5) is 37.7 Å². The van der Waals surface area contributed by atoms with Crippen LogP contribution in [0.2, 0.25) is 0 Å². The van der Waals surface area contributed by atoms with Gasteiger partial charge in [-0.05, 0) is 12.1 Å². The molecule has 0 atom stereocenters. The third kappa shape index (κ3) is 5.33. The van der Waals surface area contributed by atoms with E-state index in [0.717, 1.165) is 24.3 Å². The van der Waals surface area contributed by atoms with E-state index in [0.29, 0.717) is 0 Å². The summed E-state index contributed by atoms with van der Waals surface area (Å²) in [4.78, 5) is 9.63. The summed E-state index contributed by atoms with van der Waals surface area (Å²) in [7, 11) is 0. The second-order valence-electron chi connectivity index (χ2n) is 3.86. The Bertz CT molecular complexity index is 452. The van der Waals surface area contributed by atoms with Crippen molar-refractivity contribution < 1.29 is 31.3 Å². The molecule has 0 spiro atoms. The van der Waals surface area contributed by atoms with Gasteiger partial charge in [0.05, 0.1) is 4.92 Å². The zero-order chi connectivity index (χ0) is 15.6. The number of halogens is 6. The molecule has 1 rings (SSSR count). The summed E-state index contributed by atoms with van der Waals surface area (Å²) in [5.41, 5.74) is -0.821. The van der Waals surface area contributed by atoms with E-state index in [9.17, 15) is 36.5 Å². The SMILES string of the molecule is O=[N+]([O-])c1ccc(N(CC(F)(F)F)CC(F)(F)F)cc1. The molecule has 1 aromatic rings. The van der Waals surface area contributed by atoms with E-state index in [-0.39, 0.29) is 4.90 Å². The third-order valence-electron chi connectivity index (χ3n) is 2.17. The van der Waals surface area contributed by atoms with Gasteiger partial charge in [0.15, 0.2) is 0 Å². The number of non-ortho nitro benzene ring substituents is 1. The minimum Gasteiger partial charge on any atom is -0.353 e. The minimum absolute atomic E-state index is 0.0593. The van der Waals surface area contributed by atoms with Crippen molar-refractivity contribution in [1.82, 2.24) is 0 Å². The average molecular weight is 302 g/mol. The van der Waals surface area contributed by atoms with Gasteiger partial charge >= 0.3 is 12.4 Å². The summed E-state index contributed by atoms with van der Waals surface area (Å²) in [6.07, 6.45) is -9.65. The van der Waals surface area contributed by atoms with Crippen molar-refractivity contribution in [3.05, 3.63) is 34.4 Å². The second kappa shape index (κ2) is 5.55. The lowest BCUT2D eigenvalue weighted by Gasteiger charge is -2.26. The quantitative estimate of drug-likeness (QED) is 0.485. The van der Waals surface area contributed by atoms with Crippen molar-refractivity contribution in [3.8, 4) is 0 Å². The van der Waals surface area contributed by atoms with E-state index in [4.69, 9.17) is 0 Å². The van der Waals surface area contributed by atoms with E-state index in [1.807, 2.05) is 0 Å². The predicted octanol–water partition coefficient (Wildman–Crippen LogP) is 3.53. The molecule has 0 aliphatic rings. The molecule has 0 saturated heterocycles. The predicted molar refractivity (Wildman–Crippen MR) is 57.4 cm³/mol. The normalized spacial score (nSPS) is 12.3. The molecule has 4 nitrogen and oxygen atoms in total. The first-order valence-electron chi connectivity index (χ1n) is 5.11. The van der Waals surface area contributed by atoms with Crippen molar-refractivity contribution >= 4 is 11.4 Å². The molecule has 0 aliphatic heterocycles. The Morgan fingerprint density at radius 1 is 0.950 bits per heavy atom. The smallest absolute Gasteiger partial charge is 0.353 e. The van der Waals surface area contributed by atoms with Gasteiger partial charge in [0.1, 0.15) is 13.1 Å². The van der Waals surface area contributed by atoms with Gasteiger partial charge in [-0.1, -0.05) is 0 Å². The number of benzene rings is 1. The van der Waals surface area contributed by atoms with Crippen LogP contribution in [0, 0.1) is 10.1 Å². The van der Waals surface area contributed by atoms with E-state index in [2.05, 4.69) is 0 Å². The first-order chi connectivity index (χ1) is 8.98. The van der Waals surface area contributed by atoms with Gasteiger partial charge < -0.3 is 4.90 Å². The number of nitro groups is 1. The molecule has 0 saturated carbocycles. The average Bonchev–Trinajstić information content (AvgIpc) is 2.24. The maximum Gasteiger partial charge on any atom is 0.405 e. The molecule has 20 heavy (non-hydrogen) atoms. The molecule has 1 aromatic carbocycles. The van der Waals surface area contributed by atoms with E-state index in [1.165, 1.54) is 0 Å². The molecule has 0 amide bonds. The van der Waals surface area contributed by atoms with Gasteiger partial charge in [-0.15, -0.1) is 0 Å². The largest absolute Gasteiger partial charge is 0.405 e. The standard InChI is InChI=1S/C10H8F6N2O2/c11-9(12,13)5-17(6-10(14,15)16)7-1-3-8(4-2-7)18(19)20/h1-4H,5-6H2. The number of anilines is 1. The van der Waals surface area contributed by atoms with Gasteiger partial charge in [0.2, 0.25) is 0 Å². The number of nitro benzene ring substituents is 1. The first kappa shape index (κ1) is 16.1. The van der Waals surface area contributed by atoms with Crippen molar-refractivity contribution in [2.75, 3.05) is 18.0 Å². The number of hydrogen-bond acceptors (Lipinski definition) is 3. The highest BCUT2D eigenvalue weighted by molar-refractivity contribution is 5.51. The molecule has 0 bridgehead atoms. The van der Waals surface area contributed by atoms with Crippen molar-refractivity contribution in [1.29, 1.82) is 0 Å². The fourth-order valence-electron chi connectivity index (χ4n) is 1.46. The van der Waals surface area contributed by atoms with Gasteiger partial charge in [-0.2, -0.15) is 26.3 Å². The maximum atomic E-state index is 12.3. The molecule has 0 aromatic heterocycles. The Morgan fingerprint density at radius 3 is 1.65 bits per heavy atom. The highest BCUT2D eigenvalue weighted by Gasteiger charge is 2.37. The first-order valence-corrected chi connectivity index (χ1v) is 5.11. The summed E-state index contributed by atoms with van der Waals surface area (Å²) < 4.78 is 73.5. The summed E-state index contributed by atoms with van der Waals surface area (Å²) in [6, 6.07) is 3.37. The zero-order valence-electron chi connectivity index (χ0n) is 9.70. The molecule has 10 heteroatoms. The molecule has 0 radical (unpaired) electrons. The summed E-state index contributed by atoms with van der Waals surface area (Å²) in [5.74, 6) is 0. The molecule has 0 heterocycles. The van der Waals surface area contributed by atoms with Crippen LogP contribution in [0.15, 0.2) is 24.3 Å². The van der Waals surface area contributed by atoms with Gasteiger partial charge in [0, 0.05) is 17.8 Å². The fraction of sp³-hybridized carbons (Fsp3) is 0.400. The van der Waals surface area contributed by atoms with E-state index >= 15 is 0 Å². The minimum atomic E-state index is -4.83. The van der Waals surface area contributed by atoms with Crippen molar-refractivity contribution in [2.45, 2.75) is 12.4 Å². The second-order valence-corrected chi connectivity index (χ2v) is 3.86. The highest BCUT2D eigenvalue weighted by atomic mass is 19.4. The number of nitrogens with zero attached hydrogens (tertiary/aromatic N) is 2. The monoisotopic (exact) mass is 302 g/mol. The zero-order valence-corrected chi connectivity index (χ0v) is 9.70. The molecular formula is C10H8F6N2O2. The molecule has 0 N–H and O–H groups in total. The van der Waals surface area contributed by atoms with Gasteiger partial charge in [0.25, 0.3) is 5.69 Å². The molecular weight excluding hydrogens is 294 g/mol. The van der Waals surface area contributed by atoms with Crippen LogP contribution in [0.1, 0.15) is 0 Å². The number of alkyl halides is 6. The Labute approximate surface area is 108 Å². The van der Waals surface area contributed by atoms with Crippen LogP contribution in [-0.2, 0) is 0 Å². The number of hydrogen-bond donors (Lipinski definition) is 0. The Morgan fingerprint density at radius 2 is 1.35 bits per heavy atom. The van der Waals surface area contributed by atoms with Gasteiger partial charge in [-0.25, -0.2) is 0 Å². The lowest BCUT2D eigenvalue weighted by Crippen LogP contribution is -2.40. The van der Waals surface area contributed by atoms with E-state index < -0.39 is 41.7 Å². The highest BCUT2D eigenvalue weighted by Crippen LogP contribution is 2.27. The van der Waals surface area contributed by atoms with Crippen LogP contribution in [0.25, 0.3) is 0 Å². The lowest BCUT2D eigenvalue weighted by atomic mass is 10.2. The van der Waals surface area contributed by atoms with Crippen molar-refractivity contribution in [3.63, 3.8) is 0 Å². The Hall–Kier alpha value is -2.00. The van der Waals surface area contributed by atoms with Crippen LogP contribution in [0.3, 0.4) is 0 Å². The third-order valence-corrected chi connectivity index (χ3v) is 2.17. The van der Waals surface area contributed by atoms with Crippen LogP contribution in [-0.4, -0.2) is 30.4 Å². The fourth-order valence-corrected chi connectivity index (χ4v) is 1.46. The topological polar surface area (TPSA) is 46.4 Å². The summed E-state index contributed by atoms with van der Waals surface area (Å²) in [6.45, 7) is -3.60. The molecule has 0 unspecified atom stereocenters. The summed E-state index contributed by atoms with van der Waals surface area (Å²) in [5, 5.41) is 10.4. The van der Waals surface area contributed by atoms with Crippen LogP contribution < -0.4 is 4.90 Å². The van der Waals surface area contributed by atoms with E-state index in [1.54, 1.807) is 0 Å². The number of rotatable bonds is 4. The van der Waals surface area contributed by atoms with Crippen LogP contribution >= 0.6 is 0 Å². The Balaban J connectivity index is 3.00. The maximum absolute atomic E-state index is 12.3. The Kier molecular flexibility index (Phi) is 4.46. The molecule has 0 aliphatic carbocycles. The lowest BCUT2D eigenvalue weighted by molar-refractivity contribution is -0.384. The van der Waals surface area contributed by atoms with Crippen molar-refractivity contribution in [2.24, 2.45) is 0 Å². The summed E-state index contributed by atoms with van der Waals surface area (Å²) >= 11 is 0. The molecule has 112 valence electrons.